The van der Waals surface area contributed by atoms with Crippen molar-refractivity contribution in [3.63, 3.8) is 0 Å². The number of carbonyl (C=O) groups excluding carboxylic acids is 3. The van der Waals surface area contributed by atoms with E-state index in [0.29, 0.717) is 27.8 Å². The maximum absolute atomic E-state index is 12.6. The monoisotopic (exact) mass is 407 g/mol. The zero-order chi connectivity index (χ0) is 19.8. The zero-order valence-electron chi connectivity index (χ0n) is 15.2. The fourth-order valence-electron chi connectivity index (χ4n) is 2.50. The maximum Gasteiger partial charge on any atom is 0.337 e. The number of esters is 2. The zero-order valence-corrected chi connectivity index (χ0v) is 16.9. The molecular formula is C19H21NO5S2. The van der Waals surface area contributed by atoms with Gasteiger partial charge in [0.1, 0.15) is 4.32 Å². The van der Waals surface area contributed by atoms with E-state index in [0.717, 1.165) is 24.8 Å². The number of thioether (sulfide) groups is 1. The predicted octanol–water partition coefficient (Wildman–Crippen LogP) is 3.41. The molecule has 0 spiro atoms. The molecule has 2 rings (SSSR count). The Morgan fingerprint density at radius 3 is 2.44 bits per heavy atom. The molecule has 6 nitrogen and oxygen atoms in total. The van der Waals surface area contributed by atoms with Crippen molar-refractivity contribution in [1.82, 2.24) is 4.90 Å². The Hall–Kier alpha value is -2.19. The molecule has 0 unspecified atom stereocenters. The molecular weight excluding hydrogens is 386 g/mol. The SMILES string of the molecule is COC(=O)CCCCCN1C(=O)C(=Cc2ccc(C(=O)OC)cc2)SC1=S. The lowest BCUT2D eigenvalue weighted by atomic mass is 10.1. The lowest BCUT2D eigenvalue weighted by Gasteiger charge is -2.13. The maximum atomic E-state index is 12.6. The Morgan fingerprint density at radius 2 is 1.81 bits per heavy atom. The molecule has 1 aromatic carbocycles. The third-order valence-electron chi connectivity index (χ3n) is 3.99. The molecule has 1 fully saturated rings. The van der Waals surface area contributed by atoms with Crippen molar-refractivity contribution in [2.45, 2.75) is 25.7 Å². The second-order valence-electron chi connectivity index (χ2n) is 5.83. The number of benzene rings is 1. The van der Waals surface area contributed by atoms with Gasteiger partial charge in [-0.05, 0) is 36.6 Å². The number of hydrogen-bond acceptors (Lipinski definition) is 7. The summed E-state index contributed by atoms with van der Waals surface area (Å²) in [7, 11) is 2.70. The van der Waals surface area contributed by atoms with Gasteiger partial charge in [-0.2, -0.15) is 0 Å². The molecule has 8 heteroatoms. The third-order valence-corrected chi connectivity index (χ3v) is 5.37. The van der Waals surface area contributed by atoms with Crippen LogP contribution < -0.4 is 0 Å². The van der Waals surface area contributed by atoms with Crippen molar-refractivity contribution in [2.24, 2.45) is 0 Å². The van der Waals surface area contributed by atoms with Crippen LogP contribution in [0.25, 0.3) is 6.08 Å². The number of amides is 1. The van der Waals surface area contributed by atoms with Gasteiger partial charge in [-0.1, -0.05) is 42.5 Å². The van der Waals surface area contributed by atoms with E-state index in [2.05, 4.69) is 9.47 Å². The molecule has 0 atom stereocenters. The van der Waals surface area contributed by atoms with Gasteiger partial charge in [0.15, 0.2) is 0 Å². The smallest absolute Gasteiger partial charge is 0.337 e. The number of methoxy groups -OCH3 is 2. The summed E-state index contributed by atoms with van der Waals surface area (Å²) < 4.78 is 9.80. The van der Waals surface area contributed by atoms with Crippen LogP contribution >= 0.6 is 24.0 Å². The molecule has 1 aliphatic rings. The first kappa shape index (κ1) is 21.1. The summed E-state index contributed by atoms with van der Waals surface area (Å²) >= 11 is 6.58. The number of nitrogens with zero attached hydrogens (tertiary/aromatic N) is 1. The van der Waals surface area contributed by atoms with Crippen molar-refractivity contribution in [2.75, 3.05) is 20.8 Å². The van der Waals surface area contributed by atoms with Crippen molar-refractivity contribution in [3.05, 3.63) is 40.3 Å². The Morgan fingerprint density at radius 1 is 1.11 bits per heavy atom. The summed E-state index contributed by atoms with van der Waals surface area (Å²) in [6, 6.07) is 6.82. The Kier molecular flexibility index (Phi) is 7.99. The van der Waals surface area contributed by atoms with Crippen molar-refractivity contribution >= 4 is 52.2 Å². The van der Waals surface area contributed by atoms with Gasteiger partial charge in [0.25, 0.3) is 5.91 Å². The highest BCUT2D eigenvalue weighted by molar-refractivity contribution is 8.26. The first-order valence-electron chi connectivity index (χ1n) is 8.47. The quantitative estimate of drug-likeness (QED) is 0.283. The average molecular weight is 408 g/mol. The highest BCUT2D eigenvalue weighted by Gasteiger charge is 2.31. The molecule has 0 N–H and O–H groups in total. The van der Waals surface area contributed by atoms with E-state index >= 15 is 0 Å². The molecule has 1 aromatic rings. The molecule has 0 radical (unpaired) electrons. The van der Waals surface area contributed by atoms with Gasteiger partial charge >= 0.3 is 11.9 Å². The van der Waals surface area contributed by atoms with Crippen LogP contribution in [0.5, 0.6) is 0 Å². The van der Waals surface area contributed by atoms with E-state index in [1.54, 1.807) is 35.2 Å². The topological polar surface area (TPSA) is 72.9 Å². The Bertz CT molecular complexity index is 758. The van der Waals surface area contributed by atoms with Crippen LogP contribution in [0.2, 0.25) is 0 Å². The number of ether oxygens (including phenoxy) is 2. The van der Waals surface area contributed by atoms with Gasteiger partial charge in [-0.25, -0.2) is 4.79 Å². The minimum atomic E-state index is -0.403. The van der Waals surface area contributed by atoms with Crippen molar-refractivity contribution < 1.29 is 23.9 Å². The minimum Gasteiger partial charge on any atom is -0.469 e. The van der Waals surface area contributed by atoms with Gasteiger partial charge in [0.2, 0.25) is 0 Å². The van der Waals surface area contributed by atoms with E-state index in [1.807, 2.05) is 0 Å². The average Bonchev–Trinajstić information content (AvgIpc) is 2.94. The normalized spacial score (nSPS) is 15.3. The fraction of sp³-hybridized carbons (Fsp3) is 0.368. The van der Waals surface area contributed by atoms with Crippen LogP contribution in [0.4, 0.5) is 0 Å². The summed E-state index contributed by atoms with van der Waals surface area (Å²) in [6.45, 7) is 0.532. The van der Waals surface area contributed by atoms with E-state index in [1.165, 1.54) is 26.0 Å². The van der Waals surface area contributed by atoms with E-state index in [4.69, 9.17) is 12.2 Å². The molecule has 1 saturated heterocycles. The lowest BCUT2D eigenvalue weighted by molar-refractivity contribution is -0.140. The van der Waals surface area contributed by atoms with Crippen LogP contribution in [0.3, 0.4) is 0 Å². The number of thiocarbonyl (C=S) groups is 1. The van der Waals surface area contributed by atoms with E-state index < -0.39 is 5.97 Å². The highest BCUT2D eigenvalue weighted by atomic mass is 32.2. The summed E-state index contributed by atoms with van der Waals surface area (Å²) in [5.74, 6) is -0.739. The van der Waals surface area contributed by atoms with Gasteiger partial charge in [-0.3, -0.25) is 14.5 Å². The van der Waals surface area contributed by atoms with Crippen molar-refractivity contribution in [1.29, 1.82) is 0 Å². The summed E-state index contributed by atoms with van der Waals surface area (Å²) in [6.07, 6.45) is 4.46. The van der Waals surface area contributed by atoms with E-state index in [9.17, 15) is 14.4 Å². The minimum absolute atomic E-state index is 0.116. The largest absolute Gasteiger partial charge is 0.469 e. The summed E-state index contributed by atoms with van der Waals surface area (Å²) in [5.41, 5.74) is 1.26. The van der Waals surface area contributed by atoms with Crippen LogP contribution in [-0.4, -0.2) is 47.8 Å². The summed E-state index contributed by atoms with van der Waals surface area (Å²) in [4.78, 5) is 37.3. The van der Waals surface area contributed by atoms with Crippen LogP contribution in [0.15, 0.2) is 29.2 Å². The molecule has 1 amide bonds. The molecule has 0 saturated carbocycles. The van der Waals surface area contributed by atoms with Crippen molar-refractivity contribution in [3.8, 4) is 0 Å². The lowest BCUT2D eigenvalue weighted by Crippen LogP contribution is -2.29. The molecule has 27 heavy (non-hydrogen) atoms. The molecule has 0 bridgehead atoms. The van der Waals surface area contributed by atoms with Crippen LogP contribution in [0.1, 0.15) is 41.6 Å². The van der Waals surface area contributed by atoms with Gasteiger partial charge < -0.3 is 9.47 Å². The second kappa shape index (κ2) is 10.2. The first-order valence-corrected chi connectivity index (χ1v) is 9.69. The number of carbonyl (C=O) groups is 3. The van der Waals surface area contributed by atoms with Crippen LogP contribution in [-0.2, 0) is 19.1 Å². The van der Waals surface area contributed by atoms with Gasteiger partial charge in [0, 0.05) is 13.0 Å². The molecule has 0 aliphatic carbocycles. The number of unbranched alkanes of at least 4 members (excludes halogenated alkanes) is 2. The van der Waals surface area contributed by atoms with E-state index in [-0.39, 0.29) is 11.9 Å². The van der Waals surface area contributed by atoms with Crippen LogP contribution in [0, 0.1) is 0 Å². The number of hydrogen-bond donors (Lipinski definition) is 0. The Balaban J connectivity index is 1.91. The standard InChI is InChI=1S/C19H21NO5S2/c1-24-16(21)6-4-3-5-11-20-17(22)15(27-19(20)26)12-13-7-9-14(10-8-13)18(23)25-2/h7-10,12H,3-6,11H2,1-2H3. The predicted molar refractivity (Wildman–Crippen MR) is 108 cm³/mol. The second-order valence-corrected chi connectivity index (χ2v) is 7.51. The van der Waals surface area contributed by atoms with Gasteiger partial charge in [-0.15, -0.1) is 0 Å². The first-order chi connectivity index (χ1) is 13.0. The number of rotatable bonds is 8. The Labute approximate surface area is 167 Å². The molecule has 0 aromatic heterocycles. The molecule has 144 valence electrons. The third kappa shape index (κ3) is 5.90. The molecule has 1 heterocycles. The molecule has 1 aliphatic heterocycles. The fourth-order valence-corrected chi connectivity index (χ4v) is 3.80. The summed E-state index contributed by atoms with van der Waals surface area (Å²) in [5, 5.41) is 0. The highest BCUT2D eigenvalue weighted by Crippen LogP contribution is 2.32. The van der Waals surface area contributed by atoms with Gasteiger partial charge in [0.05, 0.1) is 24.7 Å².